The van der Waals surface area contributed by atoms with Crippen LogP contribution in [0.25, 0.3) is 0 Å². The maximum atomic E-state index is 5.82. The lowest BCUT2D eigenvalue weighted by Gasteiger charge is -2.27. The molecule has 0 amide bonds. The van der Waals surface area contributed by atoms with Crippen molar-refractivity contribution < 1.29 is 9.47 Å². The average Bonchev–Trinajstić information content (AvgIpc) is 2.53. The second-order valence-electron chi connectivity index (χ2n) is 3.91. The van der Waals surface area contributed by atoms with Gasteiger partial charge in [-0.25, -0.2) is 0 Å². The molecular formula is C9H18N2O2. The van der Waals surface area contributed by atoms with Crippen LogP contribution in [-0.2, 0) is 9.47 Å². The molecule has 13 heavy (non-hydrogen) atoms. The molecule has 0 saturated carbocycles. The van der Waals surface area contributed by atoms with Crippen LogP contribution in [0, 0.1) is 0 Å². The van der Waals surface area contributed by atoms with Crippen molar-refractivity contribution in [3.05, 3.63) is 0 Å². The zero-order valence-electron chi connectivity index (χ0n) is 7.95. The van der Waals surface area contributed by atoms with Crippen LogP contribution in [0.2, 0.25) is 0 Å². The van der Waals surface area contributed by atoms with E-state index in [1.165, 1.54) is 0 Å². The fourth-order valence-corrected chi connectivity index (χ4v) is 1.96. The lowest BCUT2D eigenvalue weighted by Crippen LogP contribution is -2.37. The molecular weight excluding hydrogens is 168 g/mol. The van der Waals surface area contributed by atoms with Crippen molar-refractivity contribution in [2.45, 2.75) is 25.0 Å². The van der Waals surface area contributed by atoms with E-state index in [0.717, 1.165) is 39.1 Å². The smallest absolute Gasteiger partial charge is 0.147 e. The van der Waals surface area contributed by atoms with Crippen molar-refractivity contribution in [1.29, 1.82) is 0 Å². The number of rotatable bonds is 2. The van der Waals surface area contributed by atoms with Gasteiger partial charge in [-0.3, -0.25) is 4.90 Å². The van der Waals surface area contributed by atoms with Gasteiger partial charge < -0.3 is 15.2 Å². The first kappa shape index (κ1) is 9.40. The Kier molecular flexibility index (Phi) is 3.16. The number of nitrogens with two attached hydrogens (primary N) is 1. The molecule has 0 radical (unpaired) electrons. The number of hydrogen-bond donors (Lipinski definition) is 1. The van der Waals surface area contributed by atoms with Gasteiger partial charge in [0.2, 0.25) is 0 Å². The van der Waals surface area contributed by atoms with Crippen molar-refractivity contribution in [2.24, 2.45) is 5.73 Å². The zero-order chi connectivity index (χ0) is 9.10. The predicted molar refractivity (Wildman–Crippen MR) is 49.3 cm³/mol. The molecule has 2 saturated heterocycles. The van der Waals surface area contributed by atoms with E-state index in [0.29, 0.717) is 18.9 Å². The molecule has 2 atom stereocenters. The molecule has 0 aromatic heterocycles. The van der Waals surface area contributed by atoms with Gasteiger partial charge in [0, 0.05) is 19.1 Å². The van der Waals surface area contributed by atoms with E-state index in [2.05, 4.69) is 4.90 Å². The maximum absolute atomic E-state index is 5.82. The van der Waals surface area contributed by atoms with Crippen molar-refractivity contribution in [2.75, 3.05) is 33.0 Å². The Hall–Kier alpha value is -0.160. The maximum Gasteiger partial charge on any atom is 0.147 e. The summed E-state index contributed by atoms with van der Waals surface area (Å²) in [6.45, 7) is 4.48. The molecule has 0 bridgehead atoms. The lowest BCUT2D eigenvalue weighted by molar-refractivity contribution is -0.143. The van der Waals surface area contributed by atoms with E-state index in [1.807, 2.05) is 0 Å². The fraction of sp³-hybridized carbons (Fsp3) is 1.00. The highest BCUT2D eigenvalue weighted by atomic mass is 16.7. The van der Waals surface area contributed by atoms with Crippen molar-refractivity contribution in [3.63, 3.8) is 0 Å². The minimum atomic E-state index is 0.360. The van der Waals surface area contributed by atoms with Crippen LogP contribution >= 0.6 is 0 Å². The van der Waals surface area contributed by atoms with Gasteiger partial charge in [0.25, 0.3) is 0 Å². The van der Waals surface area contributed by atoms with Crippen molar-refractivity contribution in [3.8, 4) is 0 Å². The number of nitrogens with zero attached hydrogens (tertiary/aromatic N) is 1. The van der Waals surface area contributed by atoms with Crippen molar-refractivity contribution >= 4 is 0 Å². The lowest BCUT2D eigenvalue weighted by atomic mass is 10.2. The quantitative estimate of drug-likeness (QED) is 0.648. The summed E-state index contributed by atoms with van der Waals surface area (Å²) in [5.74, 6) is 0. The normalized spacial score (nSPS) is 36.7. The van der Waals surface area contributed by atoms with Gasteiger partial charge in [0.15, 0.2) is 0 Å². The summed E-state index contributed by atoms with van der Waals surface area (Å²) in [5, 5.41) is 0. The molecule has 0 aromatic rings. The Morgan fingerprint density at radius 2 is 2.31 bits per heavy atom. The summed E-state index contributed by atoms with van der Waals surface area (Å²) >= 11 is 0. The van der Waals surface area contributed by atoms with Crippen LogP contribution < -0.4 is 5.73 Å². The van der Waals surface area contributed by atoms with E-state index >= 15 is 0 Å². The average molecular weight is 186 g/mol. The van der Waals surface area contributed by atoms with Crippen LogP contribution in [0.5, 0.6) is 0 Å². The number of hydrogen-bond acceptors (Lipinski definition) is 4. The molecule has 2 fully saturated rings. The second kappa shape index (κ2) is 4.37. The van der Waals surface area contributed by atoms with E-state index in [4.69, 9.17) is 15.2 Å². The first-order valence-electron chi connectivity index (χ1n) is 5.02. The van der Waals surface area contributed by atoms with Gasteiger partial charge in [-0.1, -0.05) is 0 Å². The molecule has 0 aliphatic carbocycles. The monoisotopic (exact) mass is 186 g/mol. The SMILES string of the molecule is NC1CCN(CC2CCOCO2)C1. The van der Waals surface area contributed by atoms with E-state index in [-0.39, 0.29) is 0 Å². The highest BCUT2D eigenvalue weighted by molar-refractivity contribution is 4.80. The third kappa shape index (κ3) is 2.64. The van der Waals surface area contributed by atoms with Gasteiger partial charge in [0.05, 0.1) is 12.7 Å². The predicted octanol–water partition coefficient (Wildman–Crippen LogP) is -0.218. The third-order valence-electron chi connectivity index (χ3n) is 2.74. The Balaban J connectivity index is 1.71. The number of ether oxygens (including phenoxy) is 2. The van der Waals surface area contributed by atoms with Gasteiger partial charge in [-0.05, 0) is 19.4 Å². The Morgan fingerprint density at radius 3 is 2.92 bits per heavy atom. The van der Waals surface area contributed by atoms with E-state index < -0.39 is 0 Å². The summed E-state index contributed by atoms with van der Waals surface area (Å²) in [5.41, 5.74) is 5.82. The van der Waals surface area contributed by atoms with E-state index in [1.54, 1.807) is 0 Å². The molecule has 4 nitrogen and oxygen atoms in total. The molecule has 76 valence electrons. The van der Waals surface area contributed by atoms with Crippen LogP contribution in [0.4, 0.5) is 0 Å². The second-order valence-corrected chi connectivity index (χ2v) is 3.91. The third-order valence-corrected chi connectivity index (χ3v) is 2.74. The Labute approximate surface area is 79.0 Å². The summed E-state index contributed by atoms with van der Waals surface area (Å²) < 4.78 is 10.6. The summed E-state index contributed by atoms with van der Waals surface area (Å²) in [4.78, 5) is 2.39. The van der Waals surface area contributed by atoms with Gasteiger partial charge in [0.1, 0.15) is 6.79 Å². The minimum absolute atomic E-state index is 0.360. The summed E-state index contributed by atoms with van der Waals surface area (Å²) in [7, 11) is 0. The molecule has 2 aliphatic heterocycles. The first-order valence-corrected chi connectivity index (χ1v) is 5.02. The summed E-state index contributed by atoms with van der Waals surface area (Å²) in [6, 6.07) is 0.375. The molecule has 2 unspecified atom stereocenters. The molecule has 2 aliphatic rings. The molecule has 2 N–H and O–H groups in total. The Morgan fingerprint density at radius 1 is 1.38 bits per heavy atom. The van der Waals surface area contributed by atoms with Crippen LogP contribution in [0.3, 0.4) is 0 Å². The summed E-state index contributed by atoms with van der Waals surface area (Å²) in [6.07, 6.45) is 2.51. The van der Waals surface area contributed by atoms with Gasteiger partial charge in [-0.2, -0.15) is 0 Å². The van der Waals surface area contributed by atoms with Crippen LogP contribution in [0.1, 0.15) is 12.8 Å². The standard InChI is InChI=1S/C9H18N2O2/c10-8-1-3-11(5-8)6-9-2-4-12-7-13-9/h8-9H,1-7,10H2. The topological polar surface area (TPSA) is 47.7 Å². The van der Waals surface area contributed by atoms with E-state index in [9.17, 15) is 0 Å². The van der Waals surface area contributed by atoms with Crippen LogP contribution in [0.15, 0.2) is 0 Å². The molecule has 0 spiro atoms. The van der Waals surface area contributed by atoms with Crippen LogP contribution in [-0.4, -0.2) is 50.1 Å². The highest BCUT2D eigenvalue weighted by Crippen LogP contribution is 2.12. The van der Waals surface area contributed by atoms with Crippen molar-refractivity contribution in [1.82, 2.24) is 4.90 Å². The largest absolute Gasteiger partial charge is 0.355 e. The molecule has 0 aromatic carbocycles. The molecule has 4 heteroatoms. The highest BCUT2D eigenvalue weighted by Gasteiger charge is 2.23. The Bertz CT molecular complexity index is 157. The minimum Gasteiger partial charge on any atom is -0.355 e. The molecule has 2 heterocycles. The number of likely N-dealkylation sites (tertiary alicyclic amines) is 1. The zero-order valence-corrected chi connectivity index (χ0v) is 7.95. The first-order chi connectivity index (χ1) is 6.34. The van der Waals surface area contributed by atoms with Gasteiger partial charge >= 0.3 is 0 Å². The molecule has 2 rings (SSSR count). The van der Waals surface area contributed by atoms with Gasteiger partial charge in [-0.15, -0.1) is 0 Å². The fourth-order valence-electron chi connectivity index (χ4n) is 1.96.